The SMILES string of the molecule is CCOC(=O)c1[nH]c(C)c(C(=O)OCC(=O)N2CCOCC2)c1C. The Labute approximate surface area is 140 Å². The summed E-state index contributed by atoms with van der Waals surface area (Å²) in [4.78, 5) is 40.6. The van der Waals surface area contributed by atoms with Crippen LogP contribution < -0.4 is 0 Å². The number of hydrogen-bond acceptors (Lipinski definition) is 6. The van der Waals surface area contributed by atoms with E-state index in [-0.39, 0.29) is 30.4 Å². The normalized spacial score (nSPS) is 14.4. The van der Waals surface area contributed by atoms with Gasteiger partial charge >= 0.3 is 11.9 Å². The maximum atomic E-state index is 12.3. The van der Waals surface area contributed by atoms with Gasteiger partial charge in [0, 0.05) is 18.8 Å². The van der Waals surface area contributed by atoms with Gasteiger partial charge in [0.25, 0.3) is 5.91 Å². The molecule has 1 N–H and O–H groups in total. The van der Waals surface area contributed by atoms with Gasteiger partial charge in [0.05, 0.1) is 25.4 Å². The van der Waals surface area contributed by atoms with Crippen LogP contribution in [0.1, 0.15) is 39.0 Å². The summed E-state index contributed by atoms with van der Waals surface area (Å²) in [5, 5.41) is 0. The molecule has 1 amide bonds. The summed E-state index contributed by atoms with van der Waals surface area (Å²) in [6.45, 7) is 6.86. The molecule has 0 unspecified atom stereocenters. The lowest BCUT2D eigenvalue weighted by molar-refractivity contribution is -0.138. The molecule has 24 heavy (non-hydrogen) atoms. The molecule has 0 radical (unpaired) electrons. The first-order valence-corrected chi connectivity index (χ1v) is 7.84. The lowest BCUT2D eigenvalue weighted by atomic mass is 10.1. The van der Waals surface area contributed by atoms with Crippen molar-refractivity contribution in [1.29, 1.82) is 0 Å². The smallest absolute Gasteiger partial charge is 0.355 e. The molecule has 8 heteroatoms. The fraction of sp³-hybridized carbons (Fsp3) is 0.562. The van der Waals surface area contributed by atoms with E-state index < -0.39 is 11.9 Å². The highest BCUT2D eigenvalue weighted by Gasteiger charge is 2.25. The molecule has 1 fully saturated rings. The summed E-state index contributed by atoms with van der Waals surface area (Å²) in [5.41, 5.74) is 1.43. The van der Waals surface area contributed by atoms with Crippen LogP contribution in [0.5, 0.6) is 0 Å². The summed E-state index contributed by atoms with van der Waals surface area (Å²) in [7, 11) is 0. The molecule has 1 aromatic rings. The molecule has 0 bridgehead atoms. The number of carbonyl (C=O) groups excluding carboxylic acids is 3. The minimum Gasteiger partial charge on any atom is -0.461 e. The van der Waals surface area contributed by atoms with Crippen LogP contribution in [0.2, 0.25) is 0 Å². The third-order valence-corrected chi connectivity index (χ3v) is 3.81. The zero-order chi connectivity index (χ0) is 17.7. The van der Waals surface area contributed by atoms with Gasteiger partial charge < -0.3 is 24.1 Å². The first kappa shape index (κ1) is 18.0. The van der Waals surface area contributed by atoms with Crippen molar-refractivity contribution in [2.45, 2.75) is 20.8 Å². The molecule has 0 aliphatic carbocycles. The highest BCUT2D eigenvalue weighted by molar-refractivity contribution is 5.99. The third-order valence-electron chi connectivity index (χ3n) is 3.81. The molecule has 0 aromatic carbocycles. The minimum atomic E-state index is -0.640. The van der Waals surface area contributed by atoms with E-state index in [1.807, 2.05) is 0 Å². The van der Waals surface area contributed by atoms with Crippen LogP contribution in [0.15, 0.2) is 0 Å². The Balaban J connectivity index is 2.01. The van der Waals surface area contributed by atoms with Crippen molar-refractivity contribution >= 4 is 17.8 Å². The van der Waals surface area contributed by atoms with Crippen molar-refractivity contribution in [1.82, 2.24) is 9.88 Å². The van der Waals surface area contributed by atoms with Gasteiger partial charge in [-0.3, -0.25) is 4.79 Å². The molecule has 1 saturated heterocycles. The third kappa shape index (κ3) is 3.94. The summed E-state index contributed by atoms with van der Waals surface area (Å²) in [6, 6.07) is 0. The van der Waals surface area contributed by atoms with Gasteiger partial charge in [-0.05, 0) is 26.3 Å². The molecule has 1 aliphatic rings. The van der Waals surface area contributed by atoms with Gasteiger partial charge in [-0.2, -0.15) is 0 Å². The van der Waals surface area contributed by atoms with Crippen LogP contribution in [0.3, 0.4) is 0 Å². The second-order valence-electron chi connectivity index (χ2n) is 5.41. The largest absolute Gasteiger partial charge is 0.461 e. The van der Waals surface area contributed by atoms with Crippen LogP contribution in [0.25, 0.3) is 0 Å². The Morgan fingerprint density at radius 3 is 2.42 bits per heavy atom. The number of aromatic nitrogens is 1. The van der Waals surface area contributed by atoms with Crippen molar-refractivity contribution in [2.24, 2.45) is 0 Å². The monoisotopic (exact) mass is 338 g/mol. The van der Waals surface area contributed by atoms with Gasteiger partial charge in [-0.25, -0.2) is 9.59 Å². The van der Waals surface area contributed by atoms with E-state index in [4.69, 9.17) is 14.2 Å². The number of nitrogens with zero attached hydrogens (tertiary/aromatic N) is 1. The molecule has 1 aromatic heterocycles. The van der Waals surface area contributed by atoms with Crippen LogP contribution in [0, 0.1) is 13.8 Å². The number of nitrogens with one attached hydrogen (secondary N) is 1. The zero-order valence-electron chi connectivity index (χ0n) is 14.1. The lowest BCUT2D eigenvalue weighted by Gasteiger charge is -2.26. The van der Waals surface area contributed by atoms with E-state index in [0.29, 0.717) is 37.6 Å². The number of hydrogen-bond donors (Lipinski definition) is 1. The Morgan fingerprint density at radius 1 is 1.12 bits per heavy atom. The van der Waals surface area contributed by atoms with Gasteiger partial charge in [0.1, 0.15) is 5.69 Å². The Kier molecular flexibility index (Phi) is 5.97. The lowest BCUT2D eigenvalue weighted by Crippen LogP contribution is -2.42. The second-order valence-corrected chi connectivity index (χ2v) is 5.41. The maximum absolute atomic E-state index is 12.3. The Bertz CT molecular complexity index is 631. The average Bonchev–Trinajstić information content (AvgIpc) is 2.88. The molecule has 132 valence electrons. The fourth-order valence-corrected chi connectivity index (χ4v) is 2.57. The first-order chi connectivity index (χ1) is 11.5. The maximum Gasteiger partial charge on any atom is 0.355 e. The predicted octanol–water partition coefficient (Wildman–Crippen LogP) is 0.824. The van der Waals surface area contributed by atoms with Gasteiger partial charge in [0.2, 0.25) is 0 Å². The van der Waals surface area contributed by atoms with Crippen LogP contribution in [-0.4, -0.2) is 67.2 Å². The van der Waals surface area contributed by atoms with E-state index in [1.165, 1.54) is 0 Å². The van der Waals surface area contributed by atoms with Crippen LogP contribution in [0.4, 0.5) is 0 Å². The Hall–Kier alpha value is -2.35. The van der Waals surface area contributed by atoms with E-state index >= 15 is 0 Å². The van der Waals surface area contributed by atoms with E-state index in [0.717, 1.165) is 0 Å². The number of rotatable bonds is 5. The summed E-state index contributed by atoms with van der Waals surface area (Å²) >= 11 is 0. The number of carbonyl (C=O) groups is 3. The van der Waals surface area contributed by atoms with Crippen LogP contribution >= 0.6 is 0 Å². The van der Waals surface area contributed by atoms with Crippen molar-refractivity contribution in [3.8, 4) is 0 Å². The van der Waals surface area contributed by atoms with Crippen molar-refractivity contribution < 1.29 is 28.6 Å². The molecule has 2 heterocycles. The van der Waals surface area contributed by atoms with E-state index in [2.05, 4.69) is 4.98 Å². The molecule has 2 rings (SSSR count). The van der Waals surface area contributed by atoms with E-state index in [9.17, 15) is 14.4 Å². The topological polar surface area (TPSA) is 97.9 Å². The first-order valence-electron chi connectivity index (χ1n) is 7.84. The average molecular weight is 338 g/mol. The zero-order valence-corrected chi connectivity index (χ0v) is 14.1. The number of morpholine rings is 1. The molecule has 0 saturated carbocycles. The number of H-pyrrole nitrogens is 1. The summed E-state index contributed by atoms with van der Waals surface area (Å²) in [5.74, 6) is -1.43. The van der Waals surface area contributed by atoms with Crippen molar-refractivity contribution in [3.05, 3.63) is 22.5 Å². The molecule has 1 aliphatic heterocycles. The van der Waals surface area contributed by atoms with E-state index in [1.54, 1.807) is 25.7 Å². The standard InChI is InChI=1S/C16H22N2O6/c1-4-23-16(21)14-10(2)13(11(3)17-14)15(20)24-9-12(19)18-5-7-22-8-6-18/h17H,4-9H2,1-3H3. The minimum absolute atomic E-state index is 0.223. The number of ether oxygens (including phenoxy) is 3. The quantitative estimate of drug-likeness (QED) is 0.799. The van der Waals surface area contributed by atoms with Crippen molar-refractivity contribution in [2.75, 3.05) is 39.5 Å². The highest BCUT2D eigenvalue weighted by Crippen LogP contribution is 2.20. The highest BCUT2D eigenvalue weighted by atomic mass is 16.5. The fourth-order valence-electron chi connectivity index (χ4n) is 2.57. The van der Waals surface area contributed by atoms with Gasteiger partial charge in [0.15, 0.2) is 6.61 Å². The number of aryl methyl sites for hydroxylation is 1. The van der Waals surface area contributed by atoms with Crippen LogP contribution in [-0.2, 0) is 19.0 Å². The van der Waals surface area contributed by atoms with Gasteiger partial charge in [-0.15, -0.1) is 0 Å². The number of aromatic amines is 1. The summed E-state index contributed by atoms with van der Waals surface area (Å²) < 4.78 is 15.2. The molecular weight excluding hydrogens is 316 g/mol. The molecular formula is C16H22N2O6. The second kappa shape index (κ2) is 7.96. The molecule has 8 nitrogen and oxygen atoms in total. The number of amides is 1. The summed E-state index contributed by atoms with van der Waals surface area (Å²) in [6.07, 6.45) is 0. The molecule has 0 atom stereocenters. The Morgan fingerprint density at radius 2 is 1.79 bits per heavy atom. The predicted molar refractivity (Wildman–Crippen MR) is 83.9 cm³/mol. The molecule has 0 spiro atoms. The number of esters is 2. The van der Waals surface area contributed by atoms with Crippen molar-refractivity contribution in [3.63, 3.8) is 0 Å². The van der Waals surface area contributed by atoms with Gasteiger partial charge in [-0.1, -0.05) is 0 Å².